The fourth-order valence-electron chi connectivity index (χ4n) is 1.98. The molecule has 1 heterocycles. The van der Waals surface area contributed by atoms with E-state index in [0.717, 1.165) is 18.2 Å². The molecule has 1 aliphatic rings. The van der Waals surface area contributed by atoms with Crippen molar-refractivity contribution in [1.29, 1.82) is 0 Å². The van der Waals surface area contributed by atoms with Crippen molar-refractivity contribution >= 4 is 27.1 Å². The fraction of sp³-hybridized carbons (Fsp3) is 0.917. The monoisotopic (exact) mass is 373 g/mol. The van der Waals surface area contributed by atoms with Crippen molar-refractivity contribution < 1.29 is 38.1 Å². The number of nitrogens with zero attached hydrogens (tertiary/aromatic N) is 1. The van der Waals surface area contributed by atoms with Crippen molar-refractivity contribution in [2.45, 2.75) is 56.5 Å². The van der Waals surface area contributed by atoms with Crippen LogP contribution in [0.4, 0.5) is 0 Å². The van der Waals surface area contributed by atoms with Gasteiger partial charge in [-0.15, -0.1) is 4.40 Å². The molecule has 0 spiro atoms. The van der Waals surface area contributed by atoms with Gasteiger partial charge in [-0.05, 0) is 12.3 Å². The van der Waals surface area contributed by atoms with Crippen LogP contribution >= 0.6 is 11.8 Å². The van der Waals surface area contributed by atoms with Crippen LogP contribution in [-0.2, 0) is 15.0 Å². The summed E-state index contributed by atoms with van der Waals surface area (Å²) in [5.41, 5.74) is -1.14. The summed E-state index contributed by atoms with van der Waals surface area (Å²) in [6.45, 7) is 3.17. The molecule has 1 unspecified atom stereocenters. The molecule has 0 aromatic carbocycles. The maximum atomic E-state index is 11.0. The fourth-order valence-corrected chi connectivity index (χ4v) is 3.91. The molecular formula is C12H23NO8S2. The SMILES string of the molecule is CCC(C)CC(=NS(=O)(=O)O)S[C@@H]1O[C@H](CO)[C@@H](O)[C@H](O)[C@H]1O. The zero-order valence-corrected chi connectivity index (χ0v) is 14.4. The van der Waals surface area contributed by atoms with E-state index in [-0.39, 0.29) is 17.4 Å². The summed E-state index contributed by atoms with van der Waals surface area (Å²) in [5.74, 6) is 0.0629. The van der Waals surface area contributed by atoms with Gasteiger partial charge in [-0.1, -0.05) is 32.0 Å². The van der Waals surface area contributed by atoms with E-state index in [2.05, 4.69) is 4.40 Å². The molecule has 11 heteroatoms. The summed E-state index contributed by atoms with van der Waals surface area (Å²) in [7, 11) is -4.62. The predicted octanol–water partition coefficient (Wildman–Crippen LogP) is -0.843. The molecule has 0 aromatic rings. The first-order chi connectivity index (χ1) is 10.6. The maximum absolute atomic E-state index is 11.0. The molecule has 5 N–H and O–H groups in total. The highest BCUT2D eigenvalue weighted by Gasteiger charge is 2.44. The van der Waals surface area contributed by atoms with Crippen LogP contribution in [0, 0.1) is 5.92 Å². The first-order valence-electron chi connectivity index (χ1n) is 7.12. The van der Waals surface area contributed by atoms with Crippen LogP contribution in [0.3, 0.4) is 0 Å². The average molecular weight is 373 g/mol. The molecule has 6 atom stereocenters. The van der Waals surface area contributed by atoms with E-state index in [1.807, 2.05) is 13.8 Å². The second-order valence-corrected chi connectivity index (χ2v) is 7.72. The molecule has 0 radical (unpaired) electrons. The minimum absolute atomic E-state index is 0.00572. The van der Waals surface area contributed by atoms with Crippen molar-refractivity contribution in [3.8, 4) is 0 Å². The quantitative estimate of drug-likeness (QED) is 0.227. The van der Waals surface area contributed by atoms with E-state index in [0.29, 0.717) is 0 Å². The number of aliphatic hydroxyl groups excluding tert-OH is 4. The molecule has 0 aliphatic carbocycles. The second kappa shape index (κ2) is 8.72. The number of aliphatic hydroxyl groups is 4. The standard InChI is InChI=1S/C12H23NO8S2/c1-3-6(2)4-8(13-23(18,19)20)22-12-11(17)10(16)9(15)7(5-14)21-12/h6-7,9-12,14-17H,3-5H2,1-2H3,(H,18,19,20)/t6?,7-,9-,10+,11-,12+/m1/s1. The largest absolute Gasteiger partial charge is 0.394 e. The van der Waals surface area contributed by atoms with Crippen LogP contribution in [0.15, 0.2) is 4.40 Å². The van der Waals surface area contributed by atoms with Gasteiger partial charge in [-0.25, -0.2) is 0 Å². The van der Waals surface area contributed by atoms with E-state index >= 15 is 0 Å². The van der Waals surface area contributed by atoms with E-state index < -0.39 is 46.8 Å². The van der Waals surface area contributed by atoms with Crippen LogP contribution in [0.1, 0.15) is 26.7 Å². The van der Waals surface area contributed by atoms with Crippen molar-refractivity contribution in [3.63, 3.8) is 0 Å². The van der Waals surface area contributed by atoms with Gasteiger partial charge in [0.2, 0.25) is 0 Å². The van der Waals surface area contributed by atoms with Crippen LogP contribution < -0.4 is 0 Å². The van der Waals surface area contributed by atoms with Gasteiger partial charge in [-0.3, -0.25) is 4.55 Å². The van der Waals surface area contributed by atoms with Gasteiger partial charge in [0.25, 0.3) is 0 Å². The Balaban J connectivity index is 2.95. The lowest BCUT2D eigenvalue weighted by Gasteiger charge is -2.39. The lowest BCUT2D eigenvalue weighted by atomic mass is 10.0. The molecule has 136 valence electrons. The number of hydrogen-bond acceptors (Lipinski definition) is 8. The molecule has 1 aliphatic heterocycles. The third-order valence-electron chi connectivity index (χ3n) is 3.54. The Bertz CT molecular complexity index is 509. The number of rotatable bonds is 6. The van der Waals surface area contributed by atoms with Crippen molar-refractivity contribution in [2.24, 2.45) is 10.3 Å². The van der Waals surface area contributed by atoms with E-state index in [1.54, 1.807) is 0 Å². The molecule has 0 amide bonds. The highest BCUT2D eigenvalue weighted by Crippen LogP contribution is 2.31. The Morgan fingerprint density at radius 3 is 2.35 bits per heavy atom. The summed E-state index contributed by atoms with van der Waals surface area (Å²) < 4.78 is 39.4. The first kappa shape index (κ1) is 20.8. The minimum atomic E-state index is -4.62. The average Bonchev–Trinajstić information content (AvgIpc) is 2.45. The Morgan fingerprint density at radius 2 is 1.87 bits per heavy atom. The molecule has 9 nitrogen and oxygen atoms in total. The maximum Gasteiger partial charge on any atom is 0.379 e. The Kier molecular flexibility index (Phi) is 7.87. The van der Waals surface area contributed by atoms with E-state index in [9.17, 15) is 23.7 Å². The van der Waals surface area contributed by atoms with Gasteiger partial charge in [-0.2, -0.15) is 8.42 Å². The van der Waals surface area contributed by atoms with Crippen molar-refractivity contribution in [1.82, 2.24) is 0 Å². The van der Waals surface area contributed by atoms with Gasteiger partial charge in [0.15, 0.2) is 0 Å². The number of ether oxygens (including phenoxy) is 1. The van der Waals surface area contributed by atoms with Gasteiger partial charge < -0.3 is 25.2 Å². The highest BCUT2D eigenvalue weighted by atomic mass is 32.2. The molecule has 1 rings (SSSR count). The smallest absolute Gasteiger partial charge is 0.379 e. The summed E-state index contributed by atoms with van der Waals surface area (Å²) >= 11 is 0.726. The number of hydrogen-bond donors (Lipinski definition) is 5. The molecule has 1 fully saturated rings. The van der Waals surface area contributed by atoms with Gasteiger partial charge in [0.05, 0.1) is 11.7 Å². The normalized spacial score (nSPS) is 34.4. The first-order valence-corrected chi connectivity index (χ1v) is 9.40. The third-order valence-corrected chi connectivity index (χ3v) is 5.26. The Hall–Kier alpha value is -0.270. The molecule has 0 bridgehead atoms. The van der Waals surface area contributed by atoms with Crippen LogP contribution in [0.25, 0.3) is 0 Å². The van der Waals surface area contributed by atoms with Gasteiger partial charge >= 0.3 is 10.3 Å². The summed E-state index contributed by atoms with van der Waals surface area (Å²) in [6.07, 6.45) is -4.71. The minimum Gasteiger partial charge on any atom is -0.394 e. The zero-order chi connectivity index (χ0) is 17.8. The van der Waals surface area contributed by atoms with Gasteiger partial charge in [0, 0.05) is 0 Å². The van der Waals surface area contributed by atoms with Crippen LogP contribution in [0.5, 0.6) is 0 Å². The summed E-state index contributed by atoms with van der Waals surface area (Å²) in [4.78, 5) is 0. The third kappa shape index (κ3) is 6.27. The summed E-state index contributed by atoms with van der Waals surface area (Å²) in [6, 6.07) is 0. The second-order valence-electron chi connectivity index (χ2n) is 5.47. The highest BCUT2D eigenvalue weighted by molar-refractivity contribution is 8.14. The van der Waals surface area contributed by atoms with Crippen molar-refractivity contribution in [2.75, 3.05) is 6.61 Å². The topological polar surface area (TPSA) is 157 Å². The van der Waals surface area contributed by atoms with Gasteiger partial charge in [0.1, 0.15) is 29.9 Å². The zero-order valence-electron chi connectivity index (χ0n) is 12.8. The van der Waals surface area contributed by atoms with Crippen LogP contribution in [0.2, 0.25) is 0 Å². The Morgan fingerprint density at radius 1 is 1.26 bits per heavy atom. The summed E-state index contributed by atoms with van der Waals surface area (Å²) in [5, 5.41) is 38.5. The lowest BCUT2D eigenvalue weighted by molar-refractivity contribution is -0.205. The predicted molar refractivity (Wildman–Crippen MR) is 84.4 cm³/mol. The number of thioether (sulfide) groups is 1. The van der Waals surface area contributed by atoms with Crippen LogP contribution in [-0.4, -0.2) is 74.9 Å². The Labute approximate surface area is 139 Å². The molecule has 0 aromatic heterocycles. The van der Waals surface area contributed by atoms with E-state index in [1.165, 1.54) is 0 Å². The molecule has 0 saturated carbocycles. The molecule has 23 heavy (non-hydrogen) atoms. The molecular weight excluding hydrogens is 350 g/mol. The van der Waals surface area contributed by atoms with E-state index in [4.69, 9.17) is 14.4 Å². The molecule has 1 saturated heterocycles. The lowest BCUT2D eigenvalue weighted by Crippen LogP contribution is -2.57. The van der Waals surface area contributed by atoms with Crippen molar-refractivity contribution in [3.05, 3.63) is 0 Å².